The van der Waals surface area contributed by atoms with Gasteiger partial charge in [0.15, 0.2) is 0 Å². The Morgan fingerprint density at radius 3 is 2.78 bits per heavy atom. The molecule has 0 aromatic rings. The maximum atomic E-state index is 10.2. The molecule has 1 amide bonds. The molecule has 0 aliphatic rings. The van der Waals surface area contributed by atoms with Crippen molar-refractivity contribution in [3.63, 3.8) is 0 Å². The van der Waals surface area contributed by atoms with Crippen molar-refractivity contribution in [2.45, 2.75) is 6.92 Å². The van der Waals surface area contributed by atoms with Gasteiger partial charge in [0.25, 0.3) is 0 Å². The van der Waals surface area contributed by atoms with E-state index in [1.807, 2.05) is 13.1 Å². The molecule has 52 valence electrons. The van der Waals surface area contributed by atoms with Crippen molar-refractivity contribution in [3.8, 4) is 0 Å². The molecule has 0 aromatic heterocycles. The van der Waals surface area contributed by atoms with Gasteiger partial charge in [-0.1, -0.05) is 0 Å². The molecule has 0 radical (unpaired) electrons. The second-order valence-corrected chi connectivity index (χ2v) is 1.63. The number of nitrogens with one attached hydrogen (secondary N) is 2. The Bertz CT molecular complexity index is 110. The summed E-state index contributed by atoms with van der Waals surface area (Å²) in [7, 11) is 1.81. The van der Waals surface area contributed by atoms with Crippen molar-refractivity contribution in [2.24, 2.45) is 0 Å². The van der Waals surface area contributed by atoms with Gasteiger partial charge in [0.2, 0.25) is 5.91 Å². The highest BCUT2D eigenvalue weighted by molar-refractivity contribution is 5.72. The standard InChI is InChI=1S/C6H12N2O/c1-6(9)8-5-3-4-7-2/h3-4,7H,5H2,1-2H3,(H,8,9)/b4-3+. The minimum Gasteiger partial charge on any atom is -0.394 e. The lowest BCUT2D eigenvalue weighted by atomic mass is 10.5. The van der Waals surface area contributed by atoms with Gasteiger partial charge in [0.1, 0.15) is 0 Å². The minimum absolute atomic E-state index is 0.00393. The lowest BCUT2D eigenvalue weighted by Gasteiger charge is -1.93. The van der Waals surface area contributed by atoms with E-state index >= 15 is 0 Å². The Labute approximate surface area is 55.1 Å². The predicted octanol–water partition coefficient (Wildman–Crippen LogP) is -0.144. The Morgan fingerprint density at radius 2 is 2.33 bits per heavy atom. The molecule has 0 fully saturated rings. The summed E-state index contributed by atoms with van der Waals surface area (Å²) >= 11 is 0. The van der Waals surface area contributed by atoms with Crippen LogP contribution in [0.2, 0.25) is 0 Å². The van der Waals surface area contributed by atoms with E-state index in [4.69, 9.17) is 0 Å². The molecule has 0 rings (SSSR count). The number of hydrogen-bond acceptors (Lipinski definition) is 2. The largest absolute Gasteiger partial charge is 0.394 e. The first-order valence-electron chi connectivity index (χ1n) is 2.84. The summed E-state index contributed by atoms with van der Waals surface area (Å²) < 4.78 is 0. The molecule has 3 nitrogen and oxygen atoms in total. The summed E-state index contributed by atoms with van der Waals surface area (Å²) in [4.78, 5) is 10.2. The van der Waals surface area contributed by atoms with Gasteiger partial charge >= 0.3 is 0 Å². The Hall–Kier alpha value is -0.990. The molecule has 0 heterocycles. The molecule has 0 saturated carbocycles. The van der Waals surface area contributed by atoms with Crippen LogP contribution < -0.4 is 10.6 Å². The molecule has 0 spiro atoms. The van der Waals surface area contributed by atoms with Crippen molar-refractivity contribution in [1.82, 2.24) is 10.6 Å². The Morgan fingerprint density at radius 1 is 1.67 bits per heavy atom. The molecule has 3 heteroatoms. The maximum Gasteiger partial charge on any atom is 0.217 e. The molecule has 0 aliphatic heterocycles. The van der Waals surface area contributed by atoms with Crippen LogP contribution in [-0.4, -0.2) is 19.5 Å². The van der Waals surface area contributed by atoms with Gasteiger partial charge < -0.3 is 10.6 Å². The number of hydrogen-bond donors (Lipinski definition) is 2. The second-order valence-electron chi connectivity index (χ2n) is 1.63. The third-order valence-corrected chi connectivity index (χ3v) is 0.753. The molecule has 9 heavy (non-hydrogen) atoms. The summed E-state index contributed by atoms with van der Waals surface area (Å²) in [5, 5.41) is 5.42. The van der Waals surface area contributed by atoms with Crippen LogP contribution in [0.25, 0.3) is 0 Å². The Balaban J connectivity index is 3.09. The highest BCUT2D eigenvalue weighted by Crippen LogP contribution is 1.64. The van der Waals surface area contributed by atoms with Crippen molar-refractivity contribution >= 4 is 5.91 Å². The van der Waals surface area contributed by atoms with E-state index < -0.39 is 0 Å². The fourth-order valence-electron chi connectivity index (χ4n) is 0.379. The van der Waals surface area contributed by atoms with Crippen LogP contribution >= 0.6 is 0 Å². The SMILES string of the molecule is CN/C=C/CNC(C)=O. The summed E-state index contributed by atoms with van der Waals surface area (Å²) in [6.07, 6.45) is 3.61. The quantitative estimate of drug-likeness (QED) is 0.555. The van der Waals surface area contributed by atoms with E-state index in [-0.39, 0.29) is 5.91 Å². The molecule has 0 unspecified atom stereocenters. The number of amides is 1. The van der Waals surface area contributed by atoms with Gasteiger partial charge in [-0.05, 0) is 12.3 Å². The summed E-state index contributed by atoms with van der Waals surface area (Å²) in [5.41, 5.74) is 0. The molecule has 0 aromatic carbocycles. The van der Waals surface area contributed by atoms with Gasteiger partial charge in [-0.2, -0.15) is 0 Å². The molecular formula is C6H12N2O. The topological polar surface area (TPSA) is 41.1 Å². The first-order chi connectivity index (χ1) is 4.27. The molecule has 0 saturated heterocycles. The van der Waals surface area contributed by atoms with Crippen molar-refractivity contribution in [1.29, 1.82) is 0 Å². The third kappa shape index (κ3) is 7.01. The summed E-state index contributed by atoms with van der Waals surface area (Å²) in [5.74, 6) is -0.00393. The predicted molar refractivity (Wildman–Crippen MR) is 36.9 cm³/mol. The van der Waals surface area contributed by atoms with Crippen LogP contribution in [0.15, 0.2) is 12.3 Å². The highest BCUT2D eigenvalue weighted by atomic mass is 16.1. The zero-order valence-corrected chi connectivity index (χ0v) is 5.77. The van der Waals surface area contributed by atoms with Gasteiger partial charge in [-0.25, -0.2) is 0 Å². The van der Waals surface area contributed by atoms with Gasteiger partial charge in [-0.15, -0.1) is 0 Å². The second kappa shape index (κ2) is 5.15. The van der Waals surface area contributed by atoms with Gasteiger partial charge in [0.05, 0.1) is 0 Å². The average Bonchev–Trinajstić information content (AvgIpc) is 1.80. The zero-order chi connectivity index (χ0) is 7.11. The van der Waals surface area contributed by atoms with E-state index in [0.717, 1.165) is 0 Å². The summed E-state index contributed by atoms with van der Waals surface area (Å²) in [6.45, 7) is 2.09. The van der Waals surface area contributed by atoms with E-state index in [9.17, 15) is 4.79 Å². The minimum atomic E-state index is -0.00393. The fourth-order valence-corrected chi connectivity index (χ4v) is 0.379. The van der Waals surface area contributed by atoms with Gasteiger partial charge in [0, 0.05) is 20.5 Å². The number of carbonyl (C=O) groups excluding carboxylic acids is 1. The maximum absolute atomic E-state index is 10.2. The van der Waals surface area contributed by atoms with Crippen LogP contribution in [0.3, 0.4) is 0 Å². The van der Waals surface area contributed by atoms with Crippen LogP contribution in [0, 0.1) is 0 Å². The lowest BCUT2D eigenvalue weighted by Crippen LogP contribution is -2.19. The van der Waals surface area contributed by atoms with Crippen molar-refractivity contribution in [2.75, 3.05) is 13.6 Å². The van der Waals surface area contributed by atoms with E-state index in [1.165, 1.54) is 6.92 Å². The van der Waals surface area contributed by atoms with Crippen LogP contribution in [-0.2, 0) is 4.79 Å². The molecule has 0 aliphatic carbocycles. The zero-order valence-electron chi connectivity index (χ0n) is 5.77. The number of carbonyl (C=O) groups is 1. The lowest BCUT2D eigenvalue weighted by molar-refractivity contribution is -0.118. The molecular weight excluding hydrogens is 116 g/mol. The average molecular weight is 128 g/mol. The fraction of sp³-hybridized carbons (Fsp3) is 0.500. The van der Waals surface area contributed by atoms with Crippen LogP contribution in [0.1, 0.15) is 6.92 Å². The van der Waals surface area contributed by atoms with E-state index in [2.05, 4.69) is 10.6 Å². The van der Waals surface area contributed by atoms with Crippen LogP contribution in [0.4, 0.5) is 0 Å². The monoisotopic (exact) mass is 128 g/mol. The van der Waals surface area contributed by atoms with Crippen molar-refractivity contribution < 1.29 is 4.79 Å². The van der Waals surface area contributed by atoms with Crippen molar-refractivity contribution in [3.05, 3.63) is 12.3 Å². The molecule has 0 atom stereocenters. The normalized spacial score (nSPS) is 9.56. The van der Waals surface area contributed by atoms with Gasteiger partial charge in [-0.3, -0.25) is 4.79 Å². The Kier molecular flexibility index (Phi) is 4.59. The number of rotatable bonds is 3. The first kappa shape index (κ1) is 8.01. The van der Waals surface area contributed by atoms with E-state index in [1.54, 1.807) is 6.20 Å². The summed E-state index contributed by atoms with van der Waals surface area (Å²) in [6, 6.07) is 0. The highest BCUT2D eigenvalue weighted by Gasteiger charge is 1.82. The van der Waals surface area contributed by atoms with Crippen LogP contribution in [0.5, 0.6) is 0 Å². The smallest absolute Gasteiger partial charge is 0.217 e. The molecule has 0 bridgehead atoms. The first-order valence-corrected chi connectivity index (χ1v) is 2.84. The molecule has 2 N–H and O–H groups in total. The van der Waals surface area contributed by atoms with E-state index in [0.29, 0.717) is 6.54 Å². The third-order valence-electron chi connectivity index (χ3n) is 0.753.